The van der Waals surface area contributed by atoms with Crippen LogP contribution in [0, 0.1) is 11.8 Å². The quantitative estimate of drug-likeness (QED) is 0.467. The van der Waals surface area contributed by atoms with E-state index in [-0.39, 0.29) is 5.66 Å². The fourth-order valence-corrected chi connectivity index (χ4v) is 8.87. The number of rotatable bonds is 0. The summed E-state index contributed by atoms with van der Waals surface area (Å²) in [5.74, 6) is 1.77. The molecule has 156 valence electrons. The van der Waals surface area contributed by atoms with Crippen molar-refractivity contribution >= 4 is 0 Å². The van der Waals surface area contributed by atoms with Crippen molar-refractivity contribution in [1.82, 2.24) is 31.1 Å². The van der Waals surface area contributed by atoms with Crippen molar-refractivity contribution in [3.05, 3.63) is 0 Å². The molecule has 8 aliphatic rings. The van der Waals surface area contributed by atoms with Gasteiger partial charge in [-0.3, -0.25) is 20.4 Å². The summed E-state index contributed by atoms with van der Waals surface area (Å²) in [4.78, 5) is 5.91. The first-order valence-electron chi connectivity index (χ1n) is 12.1. The number of hydrogen-bond donors (Lipinski definition) is 4. The Morgan fingerprint density at radius 1 is 0.786 bits per heavy atom. The van der Waals surface area contributed by atoms with Gasteiger partial charge in [-0.1, -0.05) is 0 Å². The van der Waals surface area contributed by atoms with E-state index in [1.807, 2.05) is 0 Å². The Morgan fingerprint density at radius 2 is 1.79 bits per heavy atom. The second-order valence-electron chi connectivity index (χ2n) is 11.4. The molecule has 8 aliphatic heterocycles. The van der Waals surface area contributed by atoms with E-state index in [2.05, 4.69) is 31.1 Å². The lowest BCUT2D eigenvalue weighted by atomic mass is 9.59. The third kappa shape index (κ3) is 2.15. The number of hydrogen-bond acceptors (Lipinski definition) is 6. The Bertz CT molecular complexity index is 643. The van der Waals surface area contributed by atoms with Gasteiger partial charge in [0.2, 0.25) is 0 Å². The van der Waals surface area contributed by atoms with Crippen LogP contribution in [0.1, 0.15) is 44.9 Å². The lowest BCUT2D eigenvalue weighted by Gasteiger charge is -2.65. The van der Waals surface area contributed by atoms with E-state index >= 15 is 0 Å². The Labute approximate surface area is 169 Å². The molecule has 4 bridgehead atoms. The Balaban J connectivity index is 1.10. The third-order valence-electron chi connectivity index (χ3n) is 10.4. The summed E-state index contributed by atoms with van der Waals surface area (Å²) in [6.45, 7) is 11.2. The summed E-state index contributed by atoms with van der Waals surface area (Å²) >= 11 is 0. The van der Waals surface area contributed by atoms with Crippen LogP contribution in [0.2, 0.25) is 0 Å². The van der Waals surface area contributed by atoms with E-state index in [9.17, 15) is 0 Å². The standard InChI is InChI=1S/C22H38N6/c1-3-22(25-6-1)5-4-19(13-26-22)10-18-12-28(19)16-21(18)11-17-2-9-27(21)15-20(17)14-23-7-8-24-20/h17-18,23-26H,1-16H2. The van der Waals surface area contributed by atoms with Gasteiger partial charge in [0.15, 0.2) is 0 Å². The largest absolute Gasteiger partial charge is 0.314 e. The maximum absolute atomic E-state index is 4.00. The summed E-state index contributed by atoms with van der Waals surface area (Å²) in [5, 5.41) is 15.4. The average Bonchev–Trinajstić information content (AvgIpc) is 3.41. The maximum atomic E-state index is 4.00. The summed E-state index contributed by atoms with van der Waals surface area (Å²) in [7, 11) is 0. The molecule has 0 saturated carbocycles. The molecule has 6 heteroatoms. The lowest BCUT2D eigenvalue weighted by Crippen LogP contribution is -2.79. The zero-order valence-electron chi connectivity index (χ0n) is 17.4. The first-order chi connectivity index (χ1) is 13.7. The Morgan fingerprint density at radius 3 is 2.43 bits per heavy atom. The third-order valence-corrected chi connectivity index (χ3v) is 10.4. The van der Waals surface area contributed by atoms with Crippen LogP contribution in [-0.2, 0) is 0 Å². The minimum Gasteiger partial charge on any atom is -0.314 e. The maximum Gasteiger partial charge on any atom is 0.0689 e. The topological polar surface area (TPSA) is 54.6 Å². The average molecular weight is 387 g/mol. The minimum atomic E-state index is 0.283. The second kappa shape index (κ2) is 5.71. The van der Waals surface area contributed by atoms with Gasteiger partial charge < -0.3 is 10.6 Å². The molecule has 0 amide bonds. The number of nitrogens with zero attached hydrogens (tertiary/aromatic N) is 2. The van der Waals surface area contributed by atoms with Crippen molar-refractivity contribution in [2.75, 3.05) is 58.9 Å². The molecule has 28 heavy (non-hydrogen) atoms. The van der Waals surface area contributed by atoms with Gasteiger partial charge >= 0.3 is 0 Å². The fraction of sp³-hybridized carbons (Fsp3) is 1.00. The van der Waals surface area contributed by atoms with Crippen LogP contribution in [0.25, 0.3) is 0 Å². The first-order valence-corrected chi connectivity index (χ1v) is 12.1. The smallest absolute Gasteiger partial charge is 0.0689 e. The van der Waals surface area contributed by atoms with Crippen LogP contribution in [0.5, 0.6) is 0 Å². The molecule has 6 nitrogen and oxygen atoms in total. The second-order valence-corrected chi connectivity index (χ2v) is 11.4. The van der Waals surface area contributed by atoms with Crippen molar-refractivity contribution in [2.24, 2.45) is 11.8 Å². The molecule has 4 spiro atoms. The molecule has 0 aromatic rings. The van der Waals surface area contributed by atoms with E-state index in [4.69, 9.17) is 0 Å². The molecule has 0 aromatic carbocycles. The van der Waals surface area contributed by atoms with E-state index in [1.165, 1.54) is 90.8 Å². The number of piperazine rings is 1. The zero-order valence-corrected chi connectivity index (χ0v) is 17.4. The summed E-state index contributed by atoms with van der Waals surface area (Å²) in [6.07, 6.45) is 9.69. The van der Waals surface area contributed by atoms with Gasteiger partial charge in [-0.2, -0.15) is 0 Å². The minimum absolute atomic E-state index is 0.283. The van der Waals surface area contributed by atoms with Crippen molar-refractivity contribution in [1.29, 1.82) is 0 Å². The monoisotopic (exact) mass is 386 g/mol. The van der Waals surface area contributed by atoms with E-state index < -0.39 is 0 Å². The molecular formula is C22H38N6. The van der Waals surface area contributed by atoms with Crippen molar-refractivity contribution < 1.29 is 0 Å². The molecular weight excluding hydrogens is 348 g/mol. The van der Waals surface area contributed by atoms with E-state index in [1.54, 1.807) is 0 Å². The molecule has 4 N–H and O–H groups in total. The summed E-state index contributed by atoms with van der Waals surface area (Å²) in [5.41, 5.74) is 1.61. The van der Waals surface area contributed by atoms with Crippen molar-refractivity contribution in [3.8, 4) is 0 Å². The van der Waals surface area contributed by atoms with Crippen LogP contribution in [0.15, 0.2) is 0 Å². The van der Waals surface area contributed by atoms with Gasteiger partial charge in [0.1, 0.15) is 0 Å². The predicted molar refractivity (Wildman–Crippen MR) is 110 cm³/mol. The number of piperidine rings is 5. The molecule has 8 saturated heterocycles. The highest BCUT2D eigenvalue weighted by Crippen LogP contribution is 2.58. The molecule has 8 atom stereocenters. The van der Waals surface area contributed by atoms with Gasteiger partial charge in [0.05, 0.1) is 5.66 Å². The fourth-order valence-electron chi connectivity index (χ4n) is 8.87. The van der Waals surface area contributed by atoms with Gasteiger partial charge in [-0.25, -0.2) is 0 Å². The SMILES string of the molecule is C1CNC2(C1)CCC1(CN2)CC2CN1CC21CC2CCN1CC21CNCCN1. The van der Waals surface area contributed by atoms with Crippen molar-refractivity contribution in [2.45, 2.75) is 67.2 Å². The van der Waals surface area contributed by atoms with Crippen LogP contribution in [0.3, 0.4) is 0 Å². The highest BCUT2D eigenvalue weighted by atomic mass is 15.4. The molecule has 8 rings (SSSR count). The highest BCUT2D eigenvalue weighted by Gasteiger charge is 2.67. The van der Waals surface area contributed by atoms with Crippen molar-refractivity contribution in [3.63, 3.8) is 0 Å². The van der Waals surface area contributed by atoms with Crippen LogP contribution in [-0.4, -0.2) is 91.0 Å². The van der Waals surface area contributed by atoms with E-state index in [0.717, 1.165) is 24.9 Å². The predicted octanol–water partition coefficient (Wildman–Crippen LogP) is -0.0802. The first kappa shape index (κ1) is 17.4. The highest BCUT2D eigenvalue weighted by molar-refractivity contribution is 5.24. The van der Waals surface area contributed by atoms with Gasteiger partial charge in [0.25, 0.3) is 0 Å². The van der Waals surface area contributed by atoms with Gasteiger partial charge in [-0.15, -0.1) is 0 Å². The van der Waals surface area contributed by atoms with Gasteiger partial charge in [0, 0.05) is 62.4 Å². The zero-order chi connectivity index (χ0) is 18.5. The molecule has 0 aromatic heterocycles. The Hall–Kier alpha value is -0.240. The van der Waals surface area contributed by atoms with E-state index in [0.29, 0.717) is 16.6 Å². The molecule has 8 fully saturated rings. The van der Waals surface area contributed by atoms with Crippen LogP contribution >= 0.6 is 0 Å². The molecule has 8 unspecified atom stereocenters. The lowest BCUT2D eigenvalue weighted by molar-refractivity contribution is -0.125. The number of nitrogens with one attached hydrogen (secondary N) is 4. The summed E-state index contributed by atoms with van der Waals surface area (Å²) < 4.78 is 0. The molecule has 8 heterocycles. The number of fused-ring (bicyclic) bond motifs is 4. The summed E-state index contributed by atoms with van der Waals surface area (Å²) in [6, 6.07) is 0. The Kier molecular flexibility index (Phi) is 3.56. The normalized spacial score (nSPS) is 60.0. The molecule has 0 aliphatic carbocycles. The van der Waals surface area contributed by atoms with Crippen LogP contribution < -0.4 is 21.3 Å². The van der Waals surface area contributed by atoms with Gasteiger partial charge in [-0.05, 0) is 69.9 Å². The van der Waals surface area contributed by atoms with Crippen LogP contribution in [0.4, 0.5) is 0 Å². The molecule has 0 radical (unpaired) electrons.